The van der Waals surface area contributed by atoms with Gasteiger partial charge in [0.1, 0.15) is 24.1 Å². The van der Waals surface area contributed by atoms with Crippen LogP contribution in [0.4, 0.5) is 0 Å². The Morgan fingerprint density at radius 2 is 1.66 bits per heavy atom. The van der Waals surface area contributed by atoms with Crippen LogP contribution in [0.15, 0.2) is 66.7 Å². The maximum atomic E-state index is 10.6. The van der Waals surface area contributed by atoms with Gasteiger partial charge in [-0.2, -0.15) is 0 Å². The summed E-state index contributed by atoms with van der Waals surface area (Å²) in [5, 5.41) is 41.2. The van der Waals surface area contributed by atoms with Gasteiger partial charge in [0, 0.05) is 12.5 Å². The van der Waals surface area contributed by atoms with Crippen molar-refractivity contribution in [3.05, 3.63) is 89.0 Å². The summed E-state index contributed by atoms with van der Waals surface area (Å²) >= 11 is 0. The molecule has 3 aromatic carbocycles. The molecule has 0 spiro atoms. The predicted molar refractivity (Wildman–Crippen MR) is 157 cm³/mol. The summed E-state index contributed by atoms with van der Waals surface area (Å²) < 4.78 is 17.4. The van der Waals surface area contributed by atoms with Crippen molar-refractivity contribution in [1.82, 2.24) is 0 Å². The molecule has 1 fully saturated rings. The first-order chi connectivity index (χ1) is 19.6. The molecule has 1 saturated heterocycles. The second kappa shape index (κ2) is 12.2. The van der Waals surface area contributed by atoms with Crippen LogP contribution in [0.3, 0.4) is 0 Å². The highest BCUT2D eigenvalue weighted by molar-refractivity contribution is 5.66. The summed E-state index contributed by atoms with van der Waals surface area (Å²) in [5.74, 6) is 0.446. The molecule has 0 unspecified atom stereocenters. The zero-order valence-electron chi connectivity index (χ0n) is 24.2. The molecule has 1 aliphatic carbocycles. The fourth-order valence-electron chi connectivity index (χ4n) is 6.31. The third-order valence-corrected chi connectivity index (χ3v) is 8.64. The molecule has 2 aliphatic rings. The predicted octanol–water partition coefficient (Wildman–Crippen LogP) is 4.03. The van der Waals surface area contributed by atoms with E-state index in [1.54, 1.807) is 7.11 Å². The van der Waals surface area contributed by atoms with Crippen molar-refractivity contribution >= 4 is 0 Å². The van der Waals surface area contributed by atoms with Gasteiger partial charge in [-0.1, -0.05) is 81.4 Å². The van der Waals surface area contributed by atoms with Crippen LogP contribution < -0.4 is 4.74 Å². The van der Waals surface area contributed by atoms with Gasteiger partial charge in [0.15, 0.2) is 6.29 Å². The first-order valence-corrected chi connectivity index (χ1v) is 14.4. The molecule has 7 heteroatoms. The summed E-state index contributed by atoms with van der Waals surface area (Å²) in [4.78, 5) is 0. The van der Waals surface area contributed by atoms with Gasteiger partial charge in [0.2, 0.25) is 0 Å². The molecule has 0 bridgehead atoms. The number of fused-ring (bicyclic) bond motifs is 1. The molecule has 7 atom stereocenters. The molecule has 0 saturated carbocycles. The maximum Gasteiger partial charge on any atom is 0.186 e. The van der Waals surface area contributed by atoms with Crippen LogP contribution in [0, 0.1) is 11.8 Å². The van der Waals surface area contributed by atoms with Gasteiger partial charge in [-0.25, -0.2) is 0 Å². The Hall–Kier alpha value is -2.78. The Balaban J connectivity index is 1.59. The van der Waals surface area contributed by atoms with Crippen LogP contribution in [-0.4, -0.2) is 72.0 Å². The van der Waals surface area contributed by atoms with Crippen molar-refractivity contribution < 1.29 is 34.6 Å². The Bertz CT molecular complexity index is 1320. The van der Waals surface area contributed by atoms with Gasteiger partial charge < -0.3 is 34.6 Å². The lowest BCUT2D eigenvalue weighted by molar-refractivity contribution is -0.274. The third-order valence-electron chi connectivity index (χ3n) is 8.64. The zero-order valence-corrected chi connectivity index (χ0v) is 24.2. The minimum absolute atomic E-state index is 0.0257. The van der Waals surface area contributed by atoms with E-state index in [1.165, 1.54) is 11.1 Å². The Morgan fingerprint density at radius 1 is 0.902 bits per heavy atom. The smallest absolute Gasteiger partial charge is 0.186 e. The molecule has 220 valence electrons. The van der Waals surface area contributed by atoms with Crippen molar-refractivity contribution in [1.29, 1.82) is 0 Å². The van der Waals surface area contributed by atoms with E-state index >= 15 is 0 Å². The zero-order chi connectivity index (χ0) is 29.3. The number of aliphatic hydroxyl groups excluding tert-OH is 4. The average Bonchev–Trinajstić information content (AvgIpc) is 2.98. The first kappa shape index (κ1) is 29.7. The first-order valence-electron chi connectivity index (χ1n) is 14.4. The maximum absolute atomic E-state index is 10.6. The second-order valence-electron chi connectivity index (χ2n) is 12.4. The van der Waals surface area contributed by atoms with E-state index in [0.29, 0.717) is 6.42 Å². The van der Waals surface area contributed by atoms with Gasteiger partial charge in [-0.15, -0.1) is 0 Å². The lowest BCUT2D eigenvalue weighted by atomic mass is 9.66. The molecule has 1 aliphatic heterocycles. The molecular weight excluding hydrogens is 520 g/mol. The van der Waals surface area contributed by atoms with Crippen LogP contribution in [0.25, 0.3) is 11.1 Å². The molecule has 0 amide bonds. The van der Waals surface area contributed by atoms with E-state index in [2.05, 4.69) is 63.2 Å². The molecule has 1 heterocycles. The van der Waals surface area contributed by atoms with Crippen LogP contribution in [-0.2, 0) is 21.3 Å². The van der Waals surface area contributed by atoms with E-state index in [1.807, 2.05) is 24.3 Å². The van der Waals surface area contributed by atoms with Crippen molar-refractivity contribution in [2.45, 2.75) is 63.1 Å². The summed E-state index contributed by atoms with van der Waals surface area (Å²) in [7, 11) is 1.69. The standard InChI is InChI=1S/C34H42O7/c1-34(2,3)27-16-23(12-13-29(27)39-4)30-25-15-21(20-8-6-5-7-9-20)10-11-22(25)14-24(17-35)26(30)18-40-33-32(38)31(37)28(36)19-41-33/h5-13,15-16,24,26,28,30-33,35-38H,14,17-19H2,1-4H3/t24-,26-,28-,30-,31+,32-,33-/m1/s1. The molecule has 4 N–H and O–H groups in total. The highest BCUT2D eigenvalue weighted by Gasteiger charge is 2.42. The SMILES string of the molecule is COc1ccc([C@@H]2c3cc(-c4ccccc4)ccc3C[C@H](CO)[C@H]2CO[C@@H]2OC[C@@H](O)[C@H](O)[C@H]2O)cc1C(C)(C)C. The largest absolute Gasteiger partial charge is 0.496 e. The quantitative estimate of drug-likeness (QED) is 0.344. The van der Waals surface area contributed by atoms with Gasteiger partial charge in [-0.05, 0) is 63.1 Å². The highest BCUT2D eigenvalue weighted by Crippen LogP contribution is 2.47. The normalized spacial score (nSPS) is 28.2. The van der Waals surface area contributed by atoms with E-state index in [4.69, 9.17) is 14.2 Å². The van der Waals surface area contributed by atoms with Crippen molar-refractivity contribution in [2.75, 3.05) is 26.9 Å². The third kappa shape index (κ3) is 6.07. The molecule has 41 heavy (non-hydrogen) atoms. The monoisotopic (exact) mass is 562 g/mol. The van der Waals surface area contributed by atoms with Crippen LogP contribution in [0.5, 0.6) is 5.75 Å². The second-order valence-corrected chi connectivity index (χ2v) is 12.4. The van der Waals surface area contributed by atoms with Crippen molar-refractivity contribution in [2.24, 2.45) is 11.8 Å². The van der Waals surface area contributed by atoms with E-state index in [0.717, 1.165) is 28.0 Å². The van der Waals surface area contributed by atoms with E-state index in [9.17, 15) is 20.4 Å². The number of rotatable bonds is 7. The Kier molecular flexibility index (Phi) is 8.85. The Labute approximate surface area is 242 Å². The van der Waals surface area contributed by atoms with Gasteiger partial charge >= 0.3 is 0 Å². The molecular formula is C34H42O7. The fourth-order valence-corrected chi connectivity index (χ4v) is 6.31. The summed E-state index contributed by atoms with van der Waals surface area (Å²) in [6.07, 6.45) is -4.29. The van der Waals surface area contributed by atoms with Gasteiger partial charge in [0.05, 0.1) is 20.3 Å². The van der Waals surface area contributed by atoms with Crippen LogP contribution in [0.2, 0.25) is 0 Å². The van der Waals surface area contributed by atoms with Crippen LogP contribution in [0.1, 0.15) is 48.9 Å². The topological polar surface area (TPSA) is 109 Å². The molecule has 5 rings (SSSR count). The van der Waals surface area contributed by atoms with Crippen molar-refractivity contribution in [3.63, 3.8) is 0 Å². The molecule has 7 nitrogen and oxygen atoms in total. The van der Waals surface area contributed by atoms with E-state index in [-0.39, 0.29) is 43.0 Å². The number of benzene rings is 3. The fraction of sp³-hybridized carbons (Fsp3) is 0.471. The molecule has 0 radical (unpaired) electrons. The molecule has 0 aromatic heterocycles. The minimum atomic E-state index is -1.38. The number of aliphatic hydroxyl groups is 4. The number of hydrogen-bond donors (Lipinski definition) is 4. The summed E-state index contributed by atoms with van der Waals surface area (Å²) in [5.41, 5.74) is 6.62. The van der Waals surface area contributed by atoms with E-state index < -0.39 is 24.6 Å². The molecule has 3 aromatic rings. The van der Waals surface area contributed by atoms with Crippen LogP contribution >= 0.6 is 0 Å². The van der Waals surface area contributed by atoms with Gasteiger partial charge in [-0.3, -0.25) is 0 Å². The number of hydrogen-bond acceptors (Lipinski definition) is 7. The number of ether oxygens (including phenoxy) is 3. The van der Waals surface area contributed by atoms with Crippen molar-refractivity contribution in [3.8, 4) is 16.9 Å². The lowest BCUT2D eigenvalue weighted by Crippen LogP contribution is -2.54. The van der Waals surface area contributed by atoms with Gasteiger partial charge in [0.25, 0.3) is 0 Å². The average molecular weight is 563 g/mol. The highest BCUT2D eigenvalue weighted by atomic mass is 16.7. The Morgan fingerprint density at radius 3 is 2.34 bits per heavy atom. The summed E-state index contributed by atoms with van der Waals surface area (Å²) in [6, 6.07) is 23.2. The summed E-state index contributed by atoms with van der Waals surface area (Å²) in [6.45, 7) is 6.52. The minimum Gasteiger partial charge on any atom is -0.496 e. The number of methoxy groups -OCH3 is 1. The lowest BCUT2D eigenvalue weighted by Gasteiger charge is -2.42.